The highest BCUT2D eigenvalue weighted by molar-refractivity contribution is 9.10. The smallest absolute Gasteiger partial charge is 0.266 e. The predicted molar refractivity (Wildman–Crippen MR) is 103 cm³/mol. The number of carbonyl (C=O) groups is 2. The number of rotatable bonds is 6. The molecule has 1 aromatic carbocycles. The second kappa shape index (κ2) is 8.31. The number of hydrogen-bond donors (Lipinski definition) is 0. The Balaban J connectivity index is 1.59. The normalized spacial score (nSPS) is 13.8. The summed E-state index contributed by atoms with van der Waals surface area (Å²) in [6.07, 6.45) is 3.15. The van der Waals surface area contributed by atoms with Crippen molar-refractivity contribution in [1.82, 2.24) is 4.98 Å². The Hall–Kier alpha value is -2.41. The van der Waals surface area contributed by atoms with Crippen molar-refractivity contribution in [3.8, 4) is 5.75 Å². The molecule has 0 spiro atoms. The highest BCUT2D eigenvalue weighted by atomic mass is 79.9. The number of pyridine rings is 1. The molecule has 2 heterocycles. The van der Waals surface area contributed by atoms with Crippen LogP contribution >= 0.6 is 15.9 Å². The van der Waals surface area contributed by atoms with Crippen LogP contribution < -0.4 is 14.5 Å². The minimum Gasteiger partial charge on any atom is -0.484 e. The van der Waals surface area contributed by atoms with Crippen LogP contribution in [0.4, 0.5) is 11.5 Å². The van der Waals surface area contributed by atoms with Crippen molar-refractivity contribution < 1.29 is 14.3 Å². The van der Waals surface area contributed by atoms with Gasteiger partial charge in [-0.3, -0.25) is 14.5 Å². The third-order valence-electron chi connectivity index (χ3n) is 4.19. The van der Waals surface area contributed by atoms with Gasteiger partial charge in [-0.05, 0) is 65.7 Å². The van der Waals surface area contributed by atoms with E-state index in [2.05, 4.69) is 20.9 Å². The summed E-state index contributed by atoms with van der Waals surface area (Å²) in [6, 6.07) is 10.9. The molecule has 1 aliphatic heterocycles. The maximum absolute atomic E-state index is 12.4. The molecule has 0 unspecified atom stereocenters. The van der Waals surface area contributed by atoms with E-state index in [-0.39, 0.29) is 18.4 Å². The topological polar surface area (TPSA) is 62.7 Å². The van der Waals surface area contributed by atoms with Crippen molar-refractivity contribution in [3.05, 3.63) is 47.1 Å². The Labute approximate surface area is 160 Å². The number of carbonyl (C=O) groups excluding carboxylic acids is 2. The van der Waals surface area contributed by atoms with Gasteiger partial charge >= 0.3 is 0 Å². The maximum atomic E-state index is 12.4. The van der Waals surface area contributed by atoms with Gasteiger partial charge in [-0.15, -0.1) is 0 Å². The molecule has 0 N–H and O–H groups in total. The van der Waals surface area contributed by atoms with Crippen molar-refractivity contribution in [2.75, 3.05) is 29.5 Å². The first-order valence-electron chi connectivity index (χ1n) is 8.53. The van der Waals surface area contributed by atoms with E-state index in [1.807, 2.05) is 25.1 Å². The van der Waals surface area contributed by atoms with Crippen LogP contribution in [0.15, 0.2) is 47.1 Å². The van der Waals surface area contributed by atoms with Gasteiger partial charge in [0.15, 0.2) is 6.61 Å². The lowest BCUT2D eigenvalue weighted by atomic mass is 10.3. The van der Waals surface area contributed by atoms with Crippen LogP contribution in [0.2, 0.25) is 0 Å². The fourth-order valence-electron chi connectivity index (χ4n) is 2.86. The van der Waals surface area contributed by atoms with Crippen LogP contribution in [-0.2, 0) is 9.59 Å². The molecule has 2 amide bonds. The molecule has 1 saturated heterocycles. The van der Waals surface area contributed by atoms with Gasteiger partial charge in [-0.2, -0.15) is 0 Å². The molecule has 26 heavy (non-hydrogen) atoms. The van der Waals surface area contributed by atoms with Crippen molar-refractivity contribution in [3.63, 3.8) is 0 Å². The SMILES string of the molecule is CCN(C(=O)COc1ccc(N2CCCC2=O)cc1)c1ccc(Br)cn1. The first kappa shape index (κ1) is 18.4. The fraction of sp³-hybridized carbons (Fsp3) is 0.316. The van der Waals surface area contributed by atoms with Crippen molar-refractivity contribution in [1.29, 1.82) is 0 Å². The monoisotopic (exact) mass is 417 g/mol. The number of anilines is 2. The summed E-state index contributed by atoms with van der Waals surface area (Å²) in [5.41, 5.74) is 0.862. The highest BCUT2D eigenvalue weighted by Gasteiger charge is 2.21. The lowest BCUT2D eigenvalue weighted by Crippen LogP contribution is -2.35. The largest absolute Gasteiger partial charge is 0.484 e. The minimum atomic E-state index is -0.166. The predicted octanol–water partition coefficient (Wildman–Crippen LogP) is 3.40. The molecule has 2 aromatic rings. The first-order valence-corrected chi connectivity index (χ1v) is 9.33. The molecule has 6 nitrogen and oxygen atoms in total. The van der Waals surface area contributed by atoms with Gasteiger partial charge in [0.1, 0.15) is 11.6 Å². The molecule has 1 fully saturated rings. The van der Waals surface area contributed by atoms with Gasteiger partial charge in [-0.1, -0.05) is 0 Å². The van der Waals surface area contributed by atoms with Crippen LogP contribution in [0.5, 0.6) is 5.75 Å². The van der Waals surface area contributed by atoms with Gasteiger partial charge in [-0.25, -0.2) is 4.98 Å². The molecule has 3 rings (SSSR count). The lowest BCUT2D eigenvalue weighted by molar-refractivity contribution is -0.120. The van der Waals surface area contributed by atoms with Crippen LogP contribution in [0.1, 0.15) is 19.8 Å². The van der Waals surface area contributed by atoms with E-state index in [0.29, 0.717) is 24.5 Å². The number of hydrogen-bond acceptors (Lipinski definition) is 4. The molecule has 1 aromatic heterocycles. The number of halogens is 1. The molecule has 0 atom stereocenters. The molecule has 0 bridgehead atoms. The Bertz CT molecular complexity index is 778. The standard InChI is InChI=1S/C19H20BrN3O3/c1-2-22(17-10-5-14(20)12-21-17)19(25)13-26-16-8-6-15(7-9-16)23-11-3-4-18(23)24/h5-10,12H,2-4,11,13H2,1H3. The Morgan fingerprint density at radius 1 is 1.27 bits per heavy atom. The highest BCUT2D eigenvalue weighted by Crippen LogP contribution is 2.24. The van der Waals surface area contributed by atoms with Gasteiger partial charge in [0.25, 0.3) is 5.91 Å². The third kappa shape index (κ3) is 4.22. The zero-order chi connectivity index (χ0) is 18.5. The molecular formula is C19H20BrN3O3. The summed E-state index contributed by atoms with van der Waals surface area (Å²) < 4.78 is 6.47. The van der Waals surface area contributed by atoms with Crippen LogP contribution in [-0.4, -0.2) is 36.5 Å². The second-order valence-corrected chi connectivity index (χ2v) is 6.82. The van der Waals surface area contributed by atoms with Gasteiger partial charge in [0.2, 0.25) is 5.91 Å². The number of amides is 2. The number of benzene rings is 1. The van der Waals surface area contributed by atoms with Crippen molar-refractivity contribution in [2.24, 2.45) is 0 Å². The summed E-state index contributed by atoms with van der Waals surface area (Å²) in [5.74, 6) is 1.16. The summed E-state index contributed by atoms with van der Waals surface area (Å²) in [7, 11) is 0. The average molecular weight is 418 g/mol. The number of likely N-dealkylation sites (N-methyl/N-ethyl adjacent to an activating group) is 1. The summed E-state index contributed by atoms with van der Waals surface area (Å²) >= 11 is 3.33. The van der Waals surface area contributed by atoms with Gasteiger partial charge in [0, 0.05) is 35.9 Å². The van der Waals surface area contributed by atoms with Crippen molar-refractivity contribution in [2.45, 2.75) is 19.8 Å². The Kier molecular flexibility index (Phi) is 5.88. The van der Waals surface area contributed by atoms with Crippen molar-refractivity contribution >= 4 is 39.2 Å². The molecule has 1 aliphatic rings. The van der Waals surface area contributed by atoms with E-state index in [4.69, 9.17) is 4.74 Å². The lowest BCUT2D eigenvalue weighted by Gasteiger charge is -2.20. The molecule has 7 heteroatoms. The quantitative estimate of drug-likeness (QED) is 0.722. The van der Waals surface area contributed by atoms with Crippen LogP contribution in [0.3, 0.4) is 0 Å². The maximum Gasteiger partial charge on any atom is 0.266 e. The summed E-state index contributed by atoms with van der Waals surface area (Å²) in [5, 5.41) is 0. The zero-order valence-corrected chi connectivity index (χ0v) is 16.1. The van der Waals surface area contributed by atoms with E-state index < -0.39 is 0 Å². The van der Waals surface area contributed by atoms with E-state index in [1.165, 1.54) is 0 Å². The minimum absolute atomic E-state index is 0.0758. The molecule has 0 aliphatic carbocycles. The molecule has 0 radical (unpaired) electrons. The van der Waals surface area contributed by atoms with E-state index in [1.54, 1.807) is 34.2 Å². The third-order valence-corrected chi connectivity index (χ3v) is 4.66. The number of ether oxygens (including phenoxy) is 1. The van der Waals surface area contributed by atoms with E-state index in [9.17, 15) is 9.59 Å². The summed E-state index contributed by atoms with van der Waals surface area (Å²) in [6.45, 7) is 3.08. The van der Waals surface area contributed by atoms with Crippen LogP contribution in [0, 0.1) is 0 Å². The molecule has 0 saturated carbocycles. The number of aromatic nitrogens is 1. The van der Waals surface area contributed by atoms with E-state index in [0.717, 1.165) is 23.1 Å². The second-order valence-electron chi connectivity index (χ2n) is 5.90. The first-order chi connectivity index (χ1) is 12.6. The Morgan fingerprint density at radius 2 is 2.04 bits per heavy atom. The molecular weight excluding hydrogens is 398 g/mol. The zero-order valence-electron chi connectivity index (χ0n) is 14.5. The van der Waals surface area contributed by atoms with E-state index >= 15 is 0 Å². The van der Waals surface area contributed by atoms with Gasteiger partial charge < -0.3 is 9.64 Å². The fourth-order valence-corrected chi connectivity index (χ4v) is 3.09. The number of nitrogens with zero attached hydrogens (tertiary/aromatic N) is 3. The molecule has 136 valence electrons. The summed E-state index contributed by atoms with van der Waals surface area (Å²) in [4.78, 5) is 31.8. The average Bonchev–Trinajstić information content (AvgIpc) is 3.08. The van der Waals surface area contributed by atoms with Crippen LogP contribution in [0.25, 0.3) is 0 Å². The van der Waals surface area contributed by atoms with Gasteiger partial charge in [0.05, 0.1) is 0 Å². The Morgan fingerprint density at radius 3 is 2.62 bits per heavy atom.